The van der Waals surface area contributed by atoms with Crippen molar-refractivity contribution in [1.29, 1.82) is 0 Å². The third-order valence-electron chi connectivity index (χ3n) is 3.08. The van der Waals surface area contributed by atoms with Gasteiger partial charge in [0.2, 0.25) is 5.91 Å². The molecule has 128 valence electrons. The first-order valence-electron chi connectivity index (χ1n) is 6.62. The molecule has 0 aliphatic heterocycles. The zero-order chi connectivity index (χ0) is 17.9. The average Bonchev–Trinajstić information content (AvgIpc) is 2.48. The van der Waals surface area contributed by atoms with E-state index in [1.165, 1.54) is 7.11 Å². The average molecular weight is 405 g/mol. The molecule has 0 fully saturated rings. The van der Waals surface area contributed by atoms with Crippen LogP contribution < -0.4 is 15.6 Å². The van der Waals surface area contributed by atoms with Gasteiger partial charge in [-0.25, -0.2) is 0 Å². The second-order valence-electron chi connectivity index (χ2n) is 4.75. The molecule has 0 aliphatic rings. The van der Waals surface area contributed by atoms with E-state index in [1.807, 2.05) is 0 Å². The number of halogens is 4. The Morgan fingerprint density at radius 2 is 2.04 bits per heavy atom. The largest absolute Gasteiger partial charge is 0.495 e. The highest BCUT2D eigenvalue weighted by atomic mass is 79.9. The number of nitrogens with one attached hydrogen (secondary N) is 1. The molecular formula is C15H12BrF3N2O3. The van der Waals surface area contributed by atoms with E-state index in [0.717, 1.165) is 12.3 Å². The SMILES string of the molecule is COc1ccc(Br)cc1NC(=O)Cn1cccc(C(F)(F)F)c1=O. The molecule has 1 amide bonds. The summed E-state index contributed by atoms with van der Waals surface area (Å²) < 4.78 is 44.6. The topological polar surface area (TPSA) is 60.3 Å². The molecule has 1 aromatic heterocycles. The standard InChI is InChI=1S/C15H12BrF3N2O3/c1-24-12-5-4-9(16)7-11(12)20-13(22)8-21-6-2-3-10(14(21)23)15(17,18)19/h2-7H,8H2,1H3,(H,20,22). The zero-order valence-electron chi connectivity index (χ0n) is 12.4. The van der Waals surface area contributed by atoms with Gasteiger partial charge in [0.1, 0.15) is 17.9 Å². The third kappa shape index (κ3) is 4.16. The van der Waals surface area contributed by atoms with Gasteiger partial charge >= 0.3 is 6.18 Å². The highest BCUT2D eigenvalue weighted by Crippen LogP contribution is 2.28. The van der Waals surface area contributed by atoms with Crippen LogP contribution in [0, 0.1) is 0 Å². The van der Waals surface area contributed by atoms with Crippen LogP contribution in [0.3, 0.4) is 0 Å². The molecule has 0 aliphatic carbocycles. The Balaban J connectivity index is 2.23. The van der Waals surface area contributed by atoms with Crippen molar-refractivity contribution in [3.8, 4) is 5.75 Å². The van der Waals surface area contributed by atoms with E-state index in [0.29, 0.717) is 26.5 Å². The number of ether oxygens (including phenoxy) is 1. The van der Waals surface area contributed by atoms with Gasteiger partial charge in [-0.3, -0.25) is 9.59 Å². The number of nitrogens with zero attached hydrogens (tertiary/aromatic N) is 1. The van der Waals surface area contributed by atoms with Gasteiger partial charge in [0.15, 0.2) is 0 Å². The summed E-state index contributed by atoms with van der Waals surface area (Å²) in [6.07, 6.45) is -3.65. The molecular weight excluding hydrogens is 393 g/mol. The van der Waals surface area contributed by atoms with Crippen molar-refractivity contribution < 1.29 is 22.7 Å². The lowest BCUT2D eigenvalue weighted by atomic mass is 10.2. The molecule has 9 heteroatoms. The normalized spacial score (nSPS) is 11.2. The van der Waals surface area contributed by atoms with E-state index in [2.05, 4.69) is 21.2 Å². The summed E-state index contributed by atoms with van der Waals surface area (Å²) in [6, 6.07) is 6.62. The van der Waals surface area contributed by atoms with Gasteiger partial charge < -0.3 is 14.6 Å². The molecule has 1 aromatic carbocycles. The summed E-state index contributed by atoms with van der Waals surface area (Å²) in [5, 5.41) is 2.50. The van der Waals surface area contributed by atoms with Gasteiger partial charge in [-0.15, -0.1) is 0 Å². The lowest BCUT2D eigenvalue weighted by Gasteiger charge is -2.12. The van der Waals surface area contributed by atoms with Crippen LogP contribution in [0.2, 0.25) is 0 Å². The summed E-state index contributed by atoms with van der Waals surface area (Å²) in [7, 11) is 1.41. The minimum atomic E-state index is -4.77. The number of hydrogen-bond donors (Lipinski definition) is 1. The lowest BCUT2D eigenvalue weighted by molar-refractivity contribution is -0.139. The number of carbonyl (C=O) groups is 1. The fourth-order valence-electron chi connectivity index (χ4n) is 2.00. The first-order chi connectivity index (χ1) is 11.2. The lowest BCUT2D eigenvalue weighted by Crippen LogP contribution is -2.32. The van der Waals surface area contributed by atoms with Crippen molar-refractivity contribution >= 4 is 27.5 Å². The predicted octanol–water partition coefficient (Wildman–Crippen LogP) is 3.28. The molecule has 2 rings (SSSR count). The van der Waals surface area contributed by atoms with Gasteiger partial charge in [0.05, 0.1) is 12.8 Å². The van der Waals surface area contributed by atoms with E-state index >= 15 is 0 Å². The van der Waals surface area contributed by atoms with Crippen molar-refractivity contribution in [1.82, 2.24) is 4.57 Å². The number of carbonyl (C=O) groups excluding carboxylic acids is 1. The summed E-state index contributed by atoms with van der Waals surface area (Å²) in [4.78, 5) is 23.9. The zero-order valence-corrected chi connectivity index (χ0v) is 13.9. The van der Waals surface area contributed by atoms with E-state index in [1.54, 1.807) is 18.2 Å². The van der Waals surface area contributed by atoms with Crippen molar-refractivity contribution in [2.24, 2.45) is 0 Å². The Morgan fingerprint density at radius 1 is 1.33 bits per heavy atom. The van der Waals surface area contributed by atoms with Crippen molar-refractivity contribution in [3.05, 3.63) is 56.9 Å². The van der Waals surface area contributed by atoms with Crippen molar-refractivity contribution in [3.63, 3.8) is 0 Å². The van der Waals surface area contributed by atoms with E-state index in [9.17, 15) is 22.8 Å². The molecule has 5 nitrogen and oxygen atoms in total. The molecule has 0 atom stereocenters. The smallest absolute Gasteiger partial charge is 0.421 e. The molecule has 2 aromatic rings. The van der Waals surface area contributed by atoms with Crippen LogP contribution >= 0.6 is 15.9 Å². The van der Waals surface area contributed by atoms with E-state index in [-0.39, 0.29) is 0 Å². The van der Waals surface area contributed by atoms with Gasteiger partial charge in [0, 0.05) is 10.7 Å². The number of methoxy groups -OCH3 is 1. The number of anilines is 1. The van der Waals surface area contributed by atoms with Gasteiger partial charge in [-0.05, 0) is 30.3 Å². The maximum absolute atomic E-state index is 12.7. The molecule has 0 bridgehead atoms. The number of alkyl halides is 3. The van der Waals surface area contributed by atoms with Crippen molar-refractivity contribution in [2.75, 3.05) is 12.4 Å². The Bertz CT molecular complexity index is 818. The molecule has 0 radical (unpaired) electrons. The number of hydrogen-bond acceptors (Lipinski definition) is 3. The van der Waals surface area contributed by atoms with Crippen LogP contribution in [0.1, 0.15) is 5.56 Å². The molecule has 0 saturated heterocycles. The molecule has 1 heterocycles. The van der Waals surface area contributed by atoms with Crippen LogP contribution in [0.4, 0.5) is 18.9 Å². The highest BCUT2D eigenvalue weighted by Gasteiger charge is 2.34. The maximum atomic E-state index is 12.7. The predicted molar refractivity (Wildman–Crippen MR) is 85.0 cm³/mol. The van der Waals surface area contributed by atoms with Crippen molar-refractivity contribution in [2.45, 2.75) is 12.7 Å². The van der Waals surface area contributed by atoms with E-state index < -0.39 is 29.8 Å². The number of benzene rings is 1. The first kappa shape index (κ1) is 18.1. The van der Waals surface area contributed by atoms with Crippen LogP contribution in [0.15, 0.2) is 45.8 Å². The maximum Gasteiger partial charge on any atom is 0.421 e. The van der Waals surface area contributed by atoms with Gasteiger partial charge in [-0.1, -0.05) is 15.9 Å². The van der Waals surface area contributed by atoms with Crippen LogP contribution in [0.25, 0.3) is 0 Å². The summed E-state index contributed by atoms with van der Waals surface area (Å²) >= 11 is 3.24. The second-order valence-corrected chi connectivity index (χ2v) is 5.66. The van der Waals surface area contributed by atoms with E-state index in [4.69, 9.17) is 4.74 Å². The Kier molecular flexibility index (Phi) is 5.33. The number of rotatable bonds is 4. The summed E-state index contributed by atoms with van der Waals surface area (Å²) in [5.74, 6) is -0.282. The van der Waals surface area contributed by atoms with Crippen LogP contribution in [-0.4, -0.2) is 17.6 Å². The van der Waals surface area contributed by atoms with Crippen LogP contribution in [0.5, 0.6) is 5.75 Å². The Labute approximate surface area is 143 Å². The fraction of sp³-hybridized carbons (Fsp3) is 0.200. The fourth-order valence-corrected chi connectivity index (χ4v) is 2.36. The first-order valence-corrected chi connectivity index (χ1v) is 7.41. The molecule has 0 spiro atoms. The highest BCUT2D eigenvalue weighted by molar-refractivity contribution is 9.10. The minimum absolute atomic E-state index is 0.330. The Morgan fingerprint density at radius 3 is 2.67 bits per heavy atom. The molecule has 24 heavy (non-hydrogen) atoms. The van der Waals surface area contributed by atoms with Crippen LogP contribution in [-0.2, 0) is 17.5 Å². The van der Waals surface area contributed by atoms with Gasteiger partial charge in [-0.2, -0.15) is 13.2 Å². The Hall–Kier alpha value is -2.29. The summed E-state index contributed by atoms with van der Waals surface area (Å²) in [6.45, 7) is -0.557. The van der Waals surface area contributed by atoms with Gasteiger partial charge in [0.25, 0.3) is 5.56 Å². The number of amides is 1. The number of aromatic nitrogens is 1. The molecule has 0 unspecified atom stereocenters. The number of pyridine rings is 1. The summed E-state index contributed by atoms with van der Waals surface area (Å²) in [5.41, 5.74) is -2.27. The monoisotopic (exact) mass is 404 g/mol. The molecule has 0 saturated carbocycles. The minimum Gasteiger partial charge on any atom is -0.495 e. The third-order valence-corrected chi connectivity index (χ3v) is 3.57. The quantitative estimate of drug-likeness (QED) is 0.850. The second kappa shape index (κ2) is 7.08. The molecule has 1 N–H and O–H groups in total.